The molecule has 0 atom stereocenters. The summed E-state index contributed by atoms with van der Waals surface area (Å²) >= 11 is 0. The van der Waals surface area contributed by atoms with Crippen molar-refractivity contribution in [3.8, 4) is 0 Å². The monoisotopic (exact) mass is 437 g/mol. The van der Waals surface area contributed by atoms with Gasteiger partial charge in [0.05, 0.1) is 12.3 Å². The molecule has 0 heterocycles. The summed E-state index contributed by atoms with van der Waals surface area (Å²) in [5, 5.41) is 6.36. The predicted molar refractivity (Wildman–Crippen MR) is 117 cm³/mol. The average molecular weight is 438 g/mol. The van der Waals surface area contributed by atoms with Crippen LogP contribution in [-0.2, 0) is 27.5 Å². The SMILES string of the molecule is CCNC(=NCc1cc(F)ccc1CS(C)(=O)=O)NCC(C)(C)c1cccc(F)c1. The molecule has 0 aromatic heterocycles. The largest absolute Gasteiger partial charge is 0.357 e. The van der Waals surface area contributed by atoms with Gasteiger partial charge in [0.2, 0.25) is 0 Å². The van der Waals surface area contributed by atoms with Gasteiger partial charge < -0.3 is 10.6 Å². The van der Waals surface area contributed by atoms with Crippen LogP contribution in [0.25, 0.3) is 0 Å². The summed E-state index contributed by atoms with van der Waals surface area (Å²) in [6, 6.07) is 10.5. The summed E-state index contributed by atoms with van der Waals surface area (Å²) < 4.78 is 50.6. The van der Waals surface area contributed by atoms with Crippen molar-refractivity contribution in [2.45, 2.75) is 38.5 Å². The zero-order valence-electron chi connectivity index (χ0n) is 17.8. The van der Waals surface area contributed by atoms with Crippen LogP contribution in [0.5, 0.6) is 0 Å². The summed E-state index contributed by atoms with van der Waals surface area (Å²) in [6.07, 6.45) is 1.14. The lowest BCUT2D eigenvalue weighted by molar-refractivity contribution is 0.503. The Bertz CT molecular complexity index is 1010. The minimum Gasteiger partial charge on any atom is -0.357 e. The van der Waals surface area contributed by atoms with E-state index >= 15 is 0 Å². The molecule has 5 nitrogen and oxygen atoms in total. The maximum atomic E-state index is 13.7. The highest BCUT2D eigenvalue weighted by molar-refractivity contribution is 7.89. The molecule has 2 rings (SSSR count). The molecule has 0 amide bonds. The Labute approximate surface area is 177 Å². The molecular weight excluding hydrogens is 408 g/mol. The third-order valence-electron chi connectivity index (χ3n) is 4.64. The van der Waals surface area contributed by atoms with Gasteiger partial charge in [-0.3, -0.25) is 0 Å². The minimum absolute atomic E-state index is 0.123. The van der Waals surface area contributed by atoms with Gasteiger partial charge in [-0.25, -0.2) is 22.2 Å². The summed E-state index contributed by atoms with van der Waals surface area (Å²) in [5.74, 6) is -0.390. The first-order valence-electron chi connectivity index (χ1n) is 9.73. The second-order valence-electron chi connectivity index (χ2n) is 7.93. The Morgan fingerprint density at radius 3 is 2.37 bits per heavy atom. The Morgan fingerprint density at radius 2 is 1.73 bits per heavy atom. The van der Waals surface area contributed by atoms with Crippen LogP contribution in [0, 0.1) is 11.6 Å². The van der Waals surface area contributed by atoms with E-state index in [1.807, 2.05) is 26.8 Å². The molecule has 0 saturated heterocycles. The predicted octanol–water partition coefficient (Wildman–Crippen LogP) is 3.54. The fraction of sp³-hybridized carbons (Fsp3) is 0.409. The smallest absolute Gasteiger partial charge is 0.191 e. The van der Waals surface area contributed by atoms with Crippen LogP contribution < -0.4 is 10.6 Å². The number of nitrogens with zero attached hydrogens (tertiary/aromatic N) is 1. The van der Waals surface area contributed by atoms with Gasteiger partial charge in [0.25, 0.3) is 0 Å². The van der Waals surface area contributed by atoms with Gasteiger partial charge in [-0.1, -0.05) is 32.0 Å². The number of aliphatic imine (C=N–C) groups is 1. The lowest BCUT2D eigenvalue weighted by atomic mass is 9.84. The van der Waals surface area contributed by atoms with Gasteiger partial charge in [0.1, 0.15) is 11.6 Å². The van der Waals surface area contributed by atoms with Crippen molar-refractivity contribution >= 4 is 15.8 Å². The number of hydrogen-bond donors (Lipinski definition) is 2. The van der Waals surface area contributed by atoms with E-state index in [9.17, 15) is 17.2 Å². The average Bonchev–Trinajstić information content (AvgIpc) is 2.65. The molecule has 2 aromatic rings. The lowest BCUT2D eigenvalue weighted by Crippen LogP contribution is -2.43. The Hall–Kier alpha value is -2.48. The first-order chi connectivity index (χ1) is 14.0. The molecule has 0 radical (unpaired) electrons. The number of guanidine groups is 1. The van der Waals surface area contributed by atoms with Crippen LogP contribution in [-0.4, -0.2) is 33.7 Å². The highest BCUT2D eigenvalue weighted by atomic mass is 32.2. The fourth-order valence-electron chi connectivity index (χ4n) is 2.99. The van der Waals surface area contributed by atoms with E-state index in [0.717, 1.165) is 11.8 Å². The molecule has 0 fully saturated rings. The normalized spacial score (nSPS) is 12.7. The lowest BCUT2D eigenvalue weighted by Gasteiger charge is -2.27. The molecule has 0 unspecified atom stereocenters. The highest BCUT2D eigenvalue weighted by Crippen LogP contribution is 2.23. The molecule has 0 aliphatic carbocycles. The number of sulfone groups is 1. The van der Waals surface area contributed by atoms with Crippen molar-refractivity contribution in [1.29, 1.82) is 0 Å². The van der Waals surface area contributed by atoms with Gasteiger partial charge >= 0.3 is 0 Å². The standard InChI is InChI=1S/C22H29F2N3O2S/c1-5-25-21(27-15-22(2,3)18-7-6-8-19(23)12-18)26-13-17-11-20(24)10-9-16(17)14-30(4,28)29/h6-12H,5,13-15H2,1-4H3,(H2,25,26,27). The van der Waals surface area contributed by atoms with Gasteiger partial charge in [-0.2, -0.15) is 0 Å². The number of rotatable bonds is 8. The number of hydrogen-bond acceptors (Lipinski definition) is 3. The summed E-state index contributed by atoms with van der Waals surface area (Å²) in [6.45, 7) is 7.14. The summed E-state index contributed by atoms with van der Waals surface area (Å²) in [5.41, 5.74) is 1.53. The number of nitrogens with one attached hydrogen (secondary N) is 2. The maximum absolute atomic E-state index is 13.7. The van der Waals surface area contributed by atoms with Gasteiger partial charge in [0.15, 0.2) is 15.8 Å². The van der Waals surface area contributed by atoms with Crippen molar-refractivity contribution in [1.82, 2.24) is 10.6 Å². The first kappa shape index (κ1) is 23.8. The van der Waals surface area contributed by atoms with Crippen LogP contribution in [0.15, 0.2) is 47.5 Å². The van der Waals surface area contributed by atoms with Crippen molar-refractivity contribution < 1.29 is 17.2 Å². The van der Waals surface area contributed by atoms with Crippen LogP contribution in [0.1, 0.15) is 37.5 Å². The van der Waals surface area contributed by atoms with Gasteiger partial charge in [0, 0.05) is 24.8 Å². The molecule has 0 spiro atoms. The van der Waals surface area contributed by atoms with Gasteiger partial charge in [-0.15, -0.1) is 0 Å². The van der Waals surface area contributed by atoms with E-state index in [1.165, 1.54) is 30.3 Å². The fourth-order valence-corrected chi connectivity index (χ4v) is 3.83. The van der Waals surface area contributed by atoms with E-state index in [2.05, 4.69) is 15.6 Å². The third kappa shape index (κ3) is 7.40. The van der Waals surface area contributed by atoms with E-state index in [4.69, 9.17) is 0 Å². The maximum Gasteiger partial charge on any atom is 0.191 e. The summed E-state index contributed by atoms with van der Waals surface area (Å²) in [4.78, 5) is 4.49. The zero-order chi connectivity index (χ0) is 22.4. The number of benzene rings is 2. The highest BCUT2D eigenvalue weighted by Gasteiger charge is 2.21. The van der Waals surface area contributed by atoms with Crippen molar-refractivity contribution in [2.24, 2.45) is 4.99 Å². The molecule has 0 saturated carbocycles. The van der Waals surface area contributed by atoms with E-state index in [1.54, 1.807) is 6.07 Å². The molecule has 30 heavy (non-hydrogen) atoms. The van der Waals surface area contributed by atoms with Crippen molar-refractivity contribution in [3.63, 3.8) is 0 Å². The Balaban J connectivity index is 2.18. The molecule has 0 aliphatic heterocycles. The zero-order valence-corrected chi connectivity index (χ0v) is 18.6. The van der Waals surface area contributed by atoms with Crippen LogP contribution in [0.3, 0.4) is 0 Å². The van der Waals surface area contributed by atoms with Crippen LogP contribution in [0.4, 0.5) is 8.78 Å². The molecule has 0 bridgehead atoms. The molecule has 2 aromatic carbocycles. The Morgan fingerprint density at radius 1 is 1.03 bits per heavy atom. The topological polar surface area (TPSA) is 70.6 Å². The van der Waals surface area contributed by atoms with Crippen LogP contribution >= 0.6 is 0 Å². The van der Waals surface area contributed by atoms with E-state index < -0.39 is 15.7 Å². The molecular formula is C22H29F2N3O2S. The van der Waals surface area contributed by atoms with Crippen LogP contribution in [0.2, 0.25) is 0 Å². The second-order valence-corrected chi connectivity index (χ2v) is 10.1. The van der Waals surface area contributed by atoms with Gasteiger partial charge in [-0.05, 0) is 47.9 Å². The second kappa shape index (κ2) is 10.0. The molecule has 8 heteroatoms. The van der Waals surface area contributed by atoms with Crippen molar-refractivity contribution in [3.05, 3.63) is 70.8 Å². The minimum atomic E-state index is -3.26. The Kier molecular flexibility index (Phi) is 7.95. The quantitative estimate of drug-likeness (QED) is 0.490. The van der Waals surface area contributed by atoms with E-state index in [-0.39, 0.29) is 23.5 Å². The molecule has 2 N–H and O–H groups in total. The third-order valence-corrected chi connectivity index (χ3v) is 5.48. The molecule has 164 valence electrons. The summed E-state index contributed by atoms with van der Waals surface area (Å²) in [7, 11) is -3.26. The first-order valence-corrected chi connectivity index (χ1v) is 11.8. The molecule has 0 aliphatic rings. The number of halogens is 2. The van der Waals surface area contributed by atoms with E-state index in [0.29, 0.717) is 30.2 Å². The van der Waals surface area contributed by atoms with Crippen molar-refractivity contribution in [2.75, 3.05) is 19.3 Å².